The lowest BCUT2D eigenvalue weighted by molar-refractivity contribution is -0.139. The summed E-state index contributed by atoms with van der Waals surface area (Å²) in [6.45, 7) is 0. The Morgan fingerprint density at radius 3 is 2.60 bits per heavy atom. The maximum absolute atomic E-state index is 10.6. The largest absolute Gasteiger partial charge is 0.448 e. The number of esters is 1. The van der Waals surface area contributed by atoms with E-state index in [4.69, 9.17) is 17.6 Å². The Balaban J connectivity index is 2.71. The third-order valence-corrected chi connectivity index (χ3v) is 1.39. The van der Waals surface area contributed by atoms with E-state index in [-0.39, 0.29) is 18.3 Å². The van der Waals surface area contributed by atoms with Crippen LogP contribution < -0.4 is 0 Å². The molecule has 1 aliphatic rings. The Labute approximate surface area is 59.6 Å². The molecule has 2 heteroatoms. The number of rotatable bonds is 0. The normalized spacial score (nSPS) is 30.4. The highest BCUT2D eigenvalue weighted by molar-refractivity contribution is 5.73. The van der Waals surface area contributed by atoms with E-state index in [0.29, 0.717) is 0 Å². The lowest BCUT2D eigenvalue weighted by Crippen LogP contribution is -2.10. The van der Waals surface area contributed by atoms with Crippen molar-refractivity contribution in [1.29, 1.82) is 0 Å². The highest BCUT2D eigenvalue weighted by Crippen LogP contribution is 2.19. The number of carbonyl (C=O) groups is 1. The zero-order chi connectivity index (χ0) is 7.56. The Bertz CT molecular complexity index is 205. The van der Waals surface area contributed by atoms with Gasteiger partial charge < -0.3 is 4.74 Å². The predicted molar refractivity (Wildman–Crippen MR) is 35.7 cm³/mol. The molecule has 2 atom stereocenters. The second-order valence-corrected chi connectivity index (χ2v) is 2.05. The number of hydrogen-bond donors (Lipinski definition) is 0. The van der Waals surface area contributed by atoms with Crippen LogP contribution in [0.1, 0.15) is 6.42 Å². The van der Waals surface area contributed by atoms with Gasteiger partial charge in [-0.25, -0.2) is 0 Å². The first-order valence-corrected chi connectivity index (χ1v) is 2.89. The first-order chi connectivity index (χ1) is 4.77. The average Bonchev–Trinajstić information content (AvgIpc) is 2.30. The van der Waals surface area contributed by atoms with Gasteiger partial charge in [-0.1, -0.05) is 11.8 Å². The molecular formula is C8H6O2. The molecule has 1 saturated heterocycles. The van der Waals surface area contributed by atoms with Crippen LogP contribution in [-0.4, -0.2) is 12.1 Å². The standard InChI is InChI=1S/C8H6O2/c1-3-6-5-8(9)10-7(6)4-2/h1-2,6-7H,5H2. The molecule has 0 saturated carbocycles. The van der Waals surface area contributed by atoms with Gasteiger partial charge in [0.2, 0.25) is 0 Å². The van der Waals surface area contributed by atoms with Crippen LogP contribution >= 0.6 is 0 Å². The van der Waals surface area contributed by atoms with Gasteiger partial charge in [0.1, 0.15) is 0 Å². The highest BCUT2D eigenvalue weighted by atomic mass is 16.5. The van der Waals surface area contributed by atoms with Crippen molar-refractivity contribution in [2.75, 3.05) is 0 Å². The van der Waals surface area contributed by atoms with Crippen molar-refractivity contribution in [3.8, 4) is 24.7 Å². The fourth-order valence-corrected chi connectivity index (χ4v) is 0.855. The Hall–Kier alpha value is -1.41. The number of cyclic esters (lactones) is 1. The SMILES string of the molecule is C#CC1CC(=O)OC1C#C. The second-order valence-electron chi connectivity index (χ2n) is 2.05. The summed E-state index contributed by atoms with van der Waals surface area (Å²) in [4.78, 5) is 10.6. The zero-order valence-corrected chi connectivity index (χ0v) is 5.33. The van der Waals surface area contributed by atoms with Gasteiger partial charge >= 0.3 is 5.97 Å². The van der Waals surface area contributed by atoms with Gasteiger partial charge in [0.15, 0.2) is 6.10 Å². The van der Waals surface area contributed by atoms with Gasteiger partial charge in [-0.05, 0) is 0 Å². The summed E-state index contributed by atoms with van der Waals surface area (Å²) in [5.41, 5.74) is 0. The first-order valence-electron chi connectivity index (χ1n) is 2.89. The van der Waals surface area contributed by atoms with Crippen LogP contribution in [0.15, 0.2) is 0 Å². The summed E-state index contributed by atoms with van der Waals surface area (Å²) in [6.07, 6.45) is 9.88. The van der Waals surface area contributed by atoms with E-state index in [9.17, 15) is 4.79 Å². The van der Waals surface area contributed by atoms with Gasteiger partial charge in [-0.3, -0.25) is 4.79 Å². The van der Waals surface area contributed by atoms with E-state index in [1.165, 1.54) is 0 Å². The second kappa shape index (κ2) is 2.45. The van der Waals surface area contributed by atoms with Gasteiger partial charge in [-0.2, -0.15) is 0 Å². The van der Waals surface area contributed by atoms with E-state index in [0.717, 1.165) is 0 Å². The molecule has 0 N–H and O–H groups in total. The lowest BCUT2D eigenvalue weighted by atomic mass is 10.0. The average molecular weight is 134 g/mol. The number of ether oxygens (including phenoxy) is 1. The van der Waals surface area contributed by atoms with Crippen molar-refractivity contribution in [2.24, 2.45) is 5.92 Å². The highest BCUT2D eigenvalue weighted by Gasteiger charge is 2.31. The minimum Gasteiger partial charge on any atom is -0.448 e. The van der Waals surface area contributed by atoms with Crippen molar-refractivity contribution in [3.05, 3.63) is 0 Å². The van der Waals surface area contributed by atoms with Gasteiger partial charge in [0, 0.05) is 0 Å². The van der Waals surface area contributed by atoms with Gasteiger partial charge in [0.25, 0.3) is 0 Å². The smallest absolute Gasteiger partial charge is 0.308 e. The minimum atomic E-state index is -0.502. The minimum absolute atomic E-state index is 0.225. The fourth-order valence-electron chi connectivity index (χ4n) is 0.855. The van der Waals surface area contributed by atoms with Crippen LogP contribution in [0.25, 0.3) is 0 Å². The maximum atomic E-state index is 10.6. The molecule has 0 aliphatic carbocycles. The van der Waals surface area contributed by atoms with Crippen LogP contribution in [-0.2, 0) is 9.53 Å². The molecule has 1 rings (SSSR count). The summed E-state index contributed by atoms with van der Waals surface area (Å²) in [6, 6.07) is 0. The topological polar surface area (TPSA) is 26.3 Å². The summed E-state index contributed by atoms with van der Waals surface area (Å²) in [5.74, 6) is 4.19. The number of hydrogen-bond acceptors (Lipinski definition) is 2. The summed E-state index contributed by atoms with van der Waals surface area (Å²) < 4.78 is 4.70. The fraction of sp³-hybridized carbons (Fsp3) is 0.375. The Morgan fingerprint density at radius 1 is 1.50 bits per heavy atom. The number of carbonyl (C=O) groups excluding carboxylic acids is 1. The summed E-state index contributed by atoms with van der Waals surface area (Å²) >= 11 is 0. The molecule has 0 aromatic carbocycles. The Morgan fingerprint density at radius 2 is 2.20 bits per heavy atom. The molecule has 1 aliphatic heterocycles. The van der Waals surface area contributed by atoms with Crippen molar-refractivity contribution in [1.82, 2.24) is 0 Å². The third kappa shape index (κ3) is 0.967. The molecule has 0 amide bonds. The molecule has 0 radical (unpaired) electrons. The molecular weight excluding hydrogens is 128 g/mol. The van der Waals surface area contributed by atoms with E-state index in [1.807, 2.05) is 0 Å². The molecule has 50 valence electrons. The number of terminal acetylenes is 2. The van der Waals surface area contributed by atoms with Gasteiger partial charge in [-0.15, -0.1) is 12.8 Å². The maximum Gasteiger partial charge on any atom is 0.308 e. The van der Waals surface area contributed by atoms with Crippen molar-refractivity contribution < 1.29 is 9.53 Å². The molecule has 2 nitrogen and oxygen atoms in total. The molecule has 10 heavy (non-hydrogen) atoms. The van der Waals surface area contributed by atoms with E-state index in [2.05, 4.69) is 11.8 Å². The van der Waals surface area contributed by atoms with E-state index < -0.39 is 6.10 Å². The molecule has 2 unspecified atom stereocenters. The van der Waals surface area contributed by atoms with Gasteiger partial charge in [0.05, 0.1) is 12.3 Å². The Kier molecular flexibility index (Phi) is 1.65. The first kappa shape index (κ1) is 6.71. The van der Waals surface area contributed by atoms with Crippen molar-refractivity contribution in [2.45, 2.75) is 12.5 Å². The quantitative estimate of drug-likeness (QED) is 0.349. The van der Waals surface area contributed by atoms with Crippen LogP contribution in [0, 0.1) is 30.6 Å². The van der Waals surface area contributed by atoms with Crippen LogP contribution in [0.3, 0.4) is 0 Å². The molecule has 0 aromatic rings. The van der Waals surface area contributed by atoms with Crippen LogP contribution in [0.5, 0.6) is 0 Å². The molecule has 1 heterocycles. The molecule has 0 spiro atoms. The monoisotopic (exact) mass is 134 g/mol. The molecule has 1 fully saturated rings. The summed E-state index contributed by atoms with van der Waals surface area (Å²) in [7, 11) is 0. The molecule has 0 aromatic heterocycles. The van der Waals surface area contributed by atoms with Crippen molar-refractivity contribution in [3.63, 3.8) is 0 Å². The molecule has 0 bridgehead atoms. The van der Waals surface area contributed by atoms with Crippen LogP contribution in [0.2, 0.25) is 0 Å². The lowest BCUT2D eigenvalue weighted by Gasteiger charge is -2.02. The van der Waals surface area contributed by atoms with Crippen LogP contribution in [0.4, 0.5) is 0 Å². The van der Waals surface area contributed by atoms with E-state index in [1.54, 1.807) is 0 Å². The predicted octanol–water partition coefficient (Wildman–Crippen LogP) is 0.185. The third-order valence-electron chi connectivity index (χ3n) is 1.39. The van der Waals surface area contributed by atoms with Crippen molar-refractivity contribution >= 4 is 5.97 Å². The summed E-state index contributed by atoms with van der Waals surface area (Å²) in [5, 5.41) is 0. The van der Waals surface area contributed by atoms with E-state index >= 15 is 0 Å². The zero-order valence-electron chi connectivity index (χ0n) is 5.33.